The molecule has 0 bridgehead atoms. The van der Waals surface area contributed by atoms with E-state index in [1.807, 2.05) is 13.0 Å². The van der Waals surface area contributed by atoms with Crippen LogP contribution in [-0.4, -0.2) is 21.9 Å². The number of methoxy groups -OCH3 is 1. The van der Waals surface area contributed by atoms with Crippen molar-refractivity contribution in [2.75, 3.05) is 7.11 Å². The number of aromatic hydroxyl groups is 2. The van der Waals surface area contributed by atoms with Crippen LogP contribution in [0.5, 0.6) is 17.2 Å². The first-order valence-electron chi connectivity index (χ1n) is 6.70. The van der Waals surface area contributed by atoms with Gasteiger partial charge in [0.25, 0.3) is 0 Å². The minimum atomic E-state index is -0.311. The normalized spacial score (nSPS) is 11.1. The third kappa shape index (κ3) is 2.67. The molecule has 0 saturated carbocycles. The fourth-order valence-corrected chi connectivity index (χ4v) is 2.11. The lowest BCUT2D eigenvalue weighted by atomic mass is 10.1. The van der Waals surface area contributed by atoms with Crippen molar-refractivity contribution in [1.82, 2.24) is 4.57 Å². The van der Waals surface area contributed by atoms with E-state index in [1.54, 1.807) is 42.9 Å². The number of nitrogens with zero attached hydrogens (tertiary/aromatic N) is 2. The molecule has 0 aliphatic heterocycles. The second-order valence-electron chi connectivity index (χ2n) is 5.00. The molecular weight excluding hydrogens is 284 g/mol. The highest BCUT2D eigenvalue weighted by atomic mass is 16.5. The van der Waals surface area contributed by atoms with Gasteiger partial charge >= 0.3 is 5.69 Å². The van der Waals surface area contributed by atoms with Crippen LogP contribution in [0.1, 0.15) is 17.0 Å². The molecule has 0 aliphatic carbocycles. The first-order chi connectivity index (χ1) is 10.4. The molecule has 0 saturated heterocycles. The van der Waals surface area contributed by atoms with E-state index < -0.39 is 0 Å². The van der Waals surface area contributed by atoms with E-state index in [-0.39, 0.29) is 22.9 Å². The van der Waals surface area contributed by atoms with E-state index in [0.29, 0.717) is 11.3 Å². The Morgan fingerprint density at radius 1 is 1.23 bits per heavy atom. The van der Waals surface area contributed by atoms with E-state index in [2.05, 4.69) is 0 Å². The van der Waals surface area contributed by atoms with Crippen molar-refractivity contribution >= 4 is 12.2 Å². The van der Waals surface area contributed by atoms with Crippen LogP contribution in [0.4, 0.5) is 0 Å². The maximum atomic E-state index is 12.0. The monoisotopic (exact) mass is 303 g/mol. The standard InChI is InChI=1S/C16H18N2O4/c1-10-9-12(18(3)16(21)17(10)2)7-5-11-6-8-13(22-4)15(20)14(11)19/h5-9,20H,1-4H3/p+1. The lowest BCUT2D eigenvalue weighted by molar-refractivity contribution is -0.692. The van der Waals surface area contributed by atoms with Crippen molar-refractivity contribution in [2.24, 2.45) is 14.1 Å². The van der Waals surface area contributed by atoms with Crippen LogP contribution in [0, 0.1) is 6.92 Å². The third-order valence-electron chi connectivity index (χ3n) is 3.65. The van der Waals surface area contributed by atoms with Crippen LogP contribution in [0.25, 0.3) is 12.2 Å². The van der Waals surface area contributed by atoms with Gasteiger partial charge in [-0.05, 0) is 31.2 Å². The number of aryl methyl sites for hydroxylation is 1. The summed E-state index contributed by atoms with van der Waals surface area (Å²) in [7, 11) is 4.79. The molecule has 0 spiro atoms. The van der Waals surface area contributed by atoms with Crippen LogP contribution < -0.4 is 15.0 Å². The van der Waals surface area contributed by atoms with Crippen LogP contribution in [0.2, 0.25) is 0 Å². The average Bonchev–Trinajstić information content (AvgIpc) is 2.51. The molecule has 0 amide bonds. The molecule has 1 aromatic carbocycles. The summed E-state index contributed by atoms with van der Waals surface area (Å²) in [6, 6.07) is 5.04. The molecule has 2 aromatic rings. The van der Waals surface area contributed by atoms with Crippen molar-refractivity contribution in [3.05, 3.63) is 45.6 Å². The molecule has 0 aliphatic rings. The second-order valence-corrected chi connectivity index (χ2v) is 5.00. The summed E-state index contributed by atoms with van der Waals surface area (Å²) in [6.45, 7) is 1.84. The zero-order valence-corrected chi connectivity index (χ0v) is 13.0. The Morgan fingerprint density at radius 3 is 2.55 bits per heavy atom. The molecule has 0 fully saturated rings. The minimum absolute atomic E-state index is 0.138. The number of ether oxygens (including phenoxy) is 1. The summed E-state index contributed by atoms with van der Waals surface area (Å²) in [4.78, 5) is 12.0. The molecule has 0 atom stereocenters. The zero-order chi connectivity index (χ0) is 16.4. The highest BCUT2D eigenvalue weighted by Crippen LogP contribution is 2.38. The van der Waals surface area contributed by atoms with Gasteiger partial charge in [0.15, 0.2) is 11.5 Å². The van der Waals surface area contributed by atoms with Gasteiger partial charge in [-0.15, -0.1) is 0 Å². The molecular formula is C16H19N2O4+. The van der Waals surface area contributed by atoms with E-state index >= 15 is 0 Å². The van der Waals surface area contributed by atoms with Crippen LogP contribution >= 0.6 is 0 Å². The van der Waals surface area contributed by atoms with Crippen LogP contribution in [0.3, 0.4) is 0 Å². The molecule has 22 heavy (non-hydrogen) atoms. The summed E-state index contributed by atoms with van der Waals surface area (Å²) in [5.41, 5.74) is 1.80. The summed E-state index contributed by atoms with van der Waals surface area (Å²) in [6.07, 6.45) is 3.33. The maximum absolute atomic E-state index is 12.0. The Labute approximate surface area is 128 Å². The number of hydrogen-bond donors (Lipinski definition) is 2. The third-order valence-corrected chi connectivity index (χ3v) is 3.65. The molecule has 6 heteroatoms. The Bertz CT molecular complexity index is 807. The smallest absolute Gasteiger partial charge is 0.498 e. The number of hydrogen-bond acceptors (Lipinski definition) is 4. The Morgan fingerprint density at radius 2 is 1.91 bits per heavy atom. The molecule has 116 valence electrons. The highest BCUT2D eigenvalue weighted by molar-refractivity contribution is 5.73. The predicted octanol–water partition coefficient (Wildman–Crippen LogP) is 1.11. The van der Waals surface area contributed by atoms with Gasteiger partial charge < -0.3 is 14.9 Å². The fourth-order valence-electron chi connectivity index (χ4n) is 2.11. The summed E-state index contributed by atoms with van der Waals surface area (Å²) < 4.78 is 7.98. The fraction of sp³-hybridized carbons (Fsp3) is 0.250. The Kier molecular flexibility index (Phi) is 4.21. The summed E-state index contributed by atoms with van der Waals surface area (Å²) >= 11 is 0. The van der Waals surface area contributed by atoms with Crippen LogP contribution in [0.15, 0.2) is 23.0 Å². The number of aromatic nitrogens is 2. The van der Waals surface area contributed by atoms with Gasteiger partial charge in [0.05, 0.1) is 21.2 Å². The van der Waals surface area contributed by atoms with Gasteiger partial charge in [-0.25, -0.2) is 0 Å². The number of benzene rings is 1. The lowest BCUT2D eigenvalue weighted by Gasteiger charge is -2.07. The lowest BCUT2D eigenvalue weighted by Crippen LogP contribution is -2.53. The van der Waals surface area contributed by atoms with E-state index in [9.17, 15) is 15.0 Å². The van der Waals surface area contributed by atoms with Crippen LogP contribution in [-0.2, 0) is 14.1 Å². The van der Waals surface area contributed by atoms with E-state index in [0.717, 1.165) is 5.69 Å². The predicted molar refractivity (Wildman–Crippen MR) is 82.8 cm³/mol. The Balaban J connectivity index is 2.46. The number of phenolic OH excluding ortho intramolecular Hbond substituents is 2. The topological polar surface area (TPSA) is 75.6 Å². The van der Waals surface area contributed by atoms with E-state index in [4.69, 9.17) is 4.74 Å². The van der Waals surface area contributed by atoms with Crippen molar-refractivity contribution in [3.8, 4) is 17.2 Å². The molecule has 0 radical (unpaired) electrons. The molecule has 2 N–H and O–H groups in total. The van der Waals surface area contributed by atoms with Gasteiger partial charge in [0.2, 0.25) is 5.75 Å². The van der Waals surface area contributed by atoms with Gasteiger partial charge in [-0.2, -0.15) is 13.9 Å². The molecule has 6 nitrogen and oxygen atoms in total. The Hall–Kier alpha value is -2.76. The van der Waals surface area contributed by atoms with Gasteiger partial charge in [-0.3, -0.25) is 0 Å². The minimum Gasteiger partial charge on any atom is -0.504 e. The largest absolute Gasteiger partial charge is 0.504 e. The molecule has 1 aromatic heterocycles. The summed E-state index contributed by atoms with van der Waals surface area (Å²) in [5.74, 6) is -0.377. The van der Waals surface area contributed by atoms with Gasteiger partial charge in [0, 0.05) is 11.6 Å². The van der Waals surface area contributed by atoms with Crippen molar-refractivity contribution in [3.63, 3.8) is 0 Å². The highest BCUT2D eigenvalue weighted by Gasteiger charge is 2.13. The maximum Gasteiger partial charge on any atom is 0.498 e. The SMILES string of the molecule is COc1ccc(/C=C/c2cc(C)n(C)c(=O)[n+]2C)c(O)c1O. The average molecular weight is 303 g/mol. The summed E-state index contributed by atoms with van der Waals surface area (Å²) in [5, 5.41) is 19.7. The van der Waals surface area contributed by atoms with Gasteiger partial charge in [-0.1, -0.05) is 0 Å². The first-order valence-corrected chi connectivity index (χ1v) is 6.70. The van der Waals surface area contributed by atoms with E-state index in [1.165, 1.54) is 11.7 Å². The van der Waals surface area contributed by atoms with Crippen molar-refractivity contribution in [1.29, 1.82) is 0 Å². The second kappa shape index (κ2) is 5.93. The van der Waals surface area contributed by atoms with Gasteiger partial charge in [0.1, 0.15) is 11.4 Å². The first kappa shape index (κ1) is 15.6. The van der Waals surface area contributed by atoms with Crippen molar-refractivity contribution in [2.45, 2.75) is 6.92 Å². The number of rotatable bonds is 3. The quantitative estimate of drug-likeness (QED) is 0.658. The molecule has 2 rings (SSSR count). The number of phenols is 2. The van der Waals surface area contributed by atoms with Crippen molar-refractivity contribution < 1.29 is 19.5 Å². The molecule has 0 unspecified atom stereocenters. The molecule has 1 heterocycles. The zero-order valence-electron chi connectivity index (χ0n) is 13.0.